The van der Waals surface area contributed by atoms with Gasteiger partial charge in [-0.1, -0.05) is 39.0 Å². The van der Waals surface area contributed by atoms with Gasteiger partial charge in [0.2, 0.25) is 0 Å². The second kappa shape index (κ2) is 5.86. The summed E-state index contributed by atoms with van der Waals surface area (Å²) >= 11 is 0. The van der Waals surface area contributed by atoms with Crippen LogP contribution in [0.5, 0.6) is 11.5 Å². The Hall–Kier alpha value is -1.87. The highest BCUT2D eigenvalue weighted by atomic mass is 19.1. The smallest absolute Gasteiger partial charge is 0.135 e. The fourth-order valence-electron chi connectivity index (χ4n) is 2.20. The van der Waals surface area contributed by atoms with Gasteiger partial charge in [-0.2, -0.15) is 0 Å². The summed E-state index contributed by atoms with van der Waals surface area (Å²) in [5.74, 6) is 0.820. The van der Waals surface area contributed by atoms with Crippen molar-refractivity contribution >= 4 is 0 Å². The Morgan fingerprint density at radius 1 is 1.10 bits per heavy atom. The number of hydrogen-bond donors (Lipinski definition) is 1. The number of hydrogen-bond acceptors (Lipinski definition) is 2. The lowest BCUT2D eigenvalue weighted by Crippen LogP contribution is -2.11. The summed E-state index contributed by atoms with van der Waals surface area (Å²) in [4.78, 5) is 0. The normalized spacial score (nSPS) is 13.0. The molecular formula is C18H22FNO. The Balaban J connectivity index is 2.37. The summed E-state index contributed by atoms with van der Waals surface area (Å²) in [5, 5.41) is 0. The van der Waals surface area contributed by atoms with E-state index in [9.17, 15) is 4.39 Å². The Bertz CT molecular complexity index is 629. The molecule has 2 N–H and O–H groups in total. The molecule has 0 radical (unpaired) electrons. The highest BCUT2D eigenvalue weighted by molar-refractivity contribution is 5.42. The van der Waals surface area contributed by atoms with Crippen LogP contribution in [0.25, 0.3) is 0 Å². The molecular weight excluding hydrogens is 265 g/mol. The second-order valence-electron chi connectivity index (χ2n) is 6.32. The Labute approximate surface area is 125 Å². The average Bonchev–Trinajstić information content (AvgIpc) is 2.37. The average molecular weight is 287 g/mol. The number of benzene rings is 2. The van der Waals surface area contributed by atoms with Crippen LogP contribution >= 0.6 is 0 Å². The molecule has 21 heavy (non-hydrogen) atoms. The van der Waals surface area contributed by atoms with E-state index in [-0.39, 0.29) is 11.2 Å². The topological polar surface area (TPSA) is 35.2 Å². The third kappa shape index (κ3) is 3.61. The van der Waals surface area contributed by atoms with Crippen LogP contribution in [0, 0.1) is 5.82 Å². The molecule has 112 valence electrons. The molecule has 2 aromatic carbocycles. The summed E-state index contributed by atoms with van der Waals surface area (Å²) in [7, 11) is 0. The number of nitrogens with two attached hydrogens (primary N) is 1. The van der Waals surface area contributed by atoms with Crippen LogP contribution in [0.4, 0.5) is 4.39 Å². The van der Waals surface area contributed by atoms with Crippen molar-refractivity contribution in [1.82, 2.24) is 0 Å². The lowest BCUT2D eigenvalue weighted by Gasteiger charge is -2.20. The van der Waals surface area contributed by atoms with E-state index in [0.717, 1.165) is 0 Å². The minimum Gasteiger partial charge on any atom is -0.457 e. The van der Waals surface area contributed by atoms with Gasteiger partial charge in [0.25, 0.3) is 0 Å². The van der Waals surface area contributed by atoms with Gasteiger partial charge in [-0.25, -0.2) is 4.39 Å². The molecule has 0 unspecified atom stereocenters. The molecule has 1 atom stereocenters. The number of ether oxygens (including phenoxy) is 1. The second-order valence-corrected chi connectivity index (χ2v) is 6.32. The van der Waals surface area contributed by atoms with Crippen LogP contribution in [0.15, 0.2) is 42.5 Å². The predicted octanol–water partition coefficient (Wildman–Crippen LogP) is 4.94. The van der Waals surface area contributed by atoms with Gasteiger partial charge in [0.05, 0.1) is 0 Å². The van der Waals surface area contributed by atoms with Crippen LogP contribution in [-0.4, -0.2) is 0 Å². The van der Waals surface area contributed by atoms with Crippen molar-refractivity contribution in [1.29, 1.82) is 0 Å². The molecule has 0 heterocycles. The SMILES string of the molecule is C[C@H](N)c1c(F)cccc1Oc1cccc(C(C)(C)C)c1. The first-order chi connectivity index (χ1) is 9.79. The minimum atomic E-state index is -0.424. The first-order valence-electron chi connectivity index (χ1n) is 7.11. The quantitative estimate of drug-likeness (QED) is 0.868. The van der Waals surface area contributed by atoms with Crippen LogP contribution in [0.2, 0.25) is 0 Å². The highest BCUT2D eigenvalue weighted by Gasteiger charge is 2.16. The van der Waals surface area contributed by atoms with Crippen LogP contribution in [0.3, 0.4) is 0 Å². The first kappa shape index (κ1) is 15.5. The standard InChI is InChI=1S/C18H22FNO/c1-12(20)17-15(19)9-6-10-16(17)21-14-8-5-7-13(11-14)18(2,3)4/h5-12H,20H2,1-4H3/t12-/m0/s1. The molecule has 0 aliphatic carbocycles. The molecule has 3 heteroatoms. The van der Waals surface area contributed by atoms with Crippen LogP contribution < -0.4 is 10.5 Å². The van der Waals surface area contributed by atoms with Crippen LogP contribution in [0.1, 0.15) is 44.9 Å². The molecule has 0 saturated heterocycles. The van der Waals surface area contributed by atoms with Crippen molar-refractivity contribution in [3.63, 3.8) is 0 Å². The van der Waals surface area contributed by atoms with Gasteiger partial charge in [-0.15, -0.1) is 0 Å². The summed E-state index contributed by atoms with van der Waals surface area (Å²) < 4.78 is 19.8. The van der Waals surface area contributed by atoms with Gasteiger partial charge in [0.1, 0.15) is 17.3 Å². The summed E-state index contributed by atoms with van der Waals surface area (Å²) in [5.41, 5.74) is 7.45. The van der Waals surface area contributed by atoms with E-state index in [1.54, 1.807) is 19.1 Å². The lowest BCUT2D eigenvalue weighted by atomic mass is 9.87. The molecule has 0 aliphatic heterocycles. The minimum absolute atomic E-state index is 0.0330. The molecule has 0 aliphatic rings. The zero-order chi connectivity index (χ0) is 15.6. The largest absolute Gasteiger partial charge is 0.457 e. The van der Waals surface area contributed by atoms with E-state index in [0.29, 0.717) is 17.1 Å². The summed E-state index contributed by atoms with van der Waals surface area (Å²) in [6, 6.07) is 12.2. The molecule has 0 spiro atoms. The van der Waals surface area contributed by atoms with E-state index in [1.807, 2.05) is 18.2 Å². The maximum atomic E-state index is 13.9. The monoisotopic (exact) mass is 287 g/mol. The fraction of sp³-hybridized carbons (Fsp3) is 0.333. The van der Waals surface area contributed by atoms with Gasteiger partial charge >= 0.3 is 0 Å². The number of halogens is 1. The fourth-order valence-corrected chi connectivity index (χ4v) is 2.20. The third-order valence-corrected chi connectivity index (χ3v) is 3.40. The van der Waals surface area contributed by atoms with E-state index in [2.05, 4.69) is 26.8 Å². The maximum Gasteiger partial charge on any atom is 0.135 e. The van der Waals surface area contributed by atoms with E-state index in [1.165, 1.54) is 11.6 Å². The lowest BCUT2D eigenvalue weighted by molar-refractivity contribution is 0.458. The molecule has 0 bridgehead atoms. The third-order valence-electron chi connectivity index (χ3n) is 3.40. The van der Waals surface area contributed by atoms with Crippen molar-refractivity contribution in [2.45, 2.75) is 39.2 Å². The Morgan fingerprint density at radius 2 is 1.76 bits per heavy atom. The summed E-state index contributed by atoms with van der Waals surface area (Å²) in [6.07, 6.45) is 0. The van der Waals surface area contributed by atoms with E-state index < -0.39 is 6.04 Å². The van der Waals surface area contributed by atoms with Gasteiger partial charge in [0, 0.05) is 11.6 Å². The van der Waals surface area contributed by atoms with Crippen molar-refractivity contribution in [2.75, 3.05) is 0 Å². The molecule has 0 fully saturated rings. The molecule has 2 nitrogen and oxygen atoms in total. The zero-order valence-electron chi connectivity index (χ0n) is 13.0. The van der Waals surface area contributed by atoms with E-state index >= 15 is 0 Å². The van der Waals surface area contributed by atoms with Crippen molar-refractivity contribution in [3.05, 3.63) is 59.4 Å². The van der Waals surface area contributed by atoms with Crippen molar-refractivity contribution in [3.8, 4) is 11.5 Å². The predicted molar refractivity (Wildman–Crippen MR) is 84.2 cm³/mol. The van der Waals surface area contributed by atoms with Gasteiger partial charge in [-0.3, -0.25) is 0 Å². The highest BCUT2D eigenvalue weighted by Crippen LogP contribution is 2.32. The van der Waals surface area contributed by atoms with Crippen molar-refractivity contribution in [2.24, 2.45) is 5.73 Å². The van der Waals surface area contributed by atoms with Gasteiger partial charge in [-0.05, 0) is 42.2 Å². The Morgan fingerprint density at radius 3 is 2.38 bits per heavy atom. The molecule has 2 rings (SSSR count). The molecule has 0 amide bonds. The van der Waals surface area contributed by atoms with Crippen molar-refractivity contribution < 1.29 is 9.13 Å². The first-order valence-corrected chi connectivity index (χ1v) is 7.11. The van der Waals surface area contributed by atoms with Gasteiger partial charge in [0.15, 0.2) is 0 Å². The molecule has 2 aromatic rings. The van der Waals surface area contributed by atoms with Gasteiger partial charge < -0.3 is 10.5 Å². The molecule has 0 aromatic heterocycles. The maximum absolute atomic E-state index is 13.9. The molecule has 0 saturated carbocycles. The Kier molecular flexibility index (Phi) is 4.33. The zero-order valence-corrected chi connectivity index (χ0v) is 13.0. The summed E-state index contributed by atoms with van der Waals surface area (Å²) in [6.45, 7) is 8.17. The van der Waals surface area contributed by atoms with Crippen LogP contribution in [-0.2, 0) is 5.41 Å². The number of rotatable bonds is 3. The van der Waals surface area contributed by atoms with E-state index in [4.69, 9.17) is 10.5 Å².